The third-order valence-corrected chi connectivity index (χ3v) is 10.3. The lowest BCUT2D eigenvalue weighted by Gasteiger charge is -2.35. The zero-order valence-electron chi connectivity index (χ0n) is 33.4. The fourth-order valence-corrected chi connectivity index (χ4v) is 7.42. The molecule has 0 bridgehead atoms. The molecule has 0 aliphatic heterocycles. The van der Waals surface area contributed by atoms with Gasteiger partial charge in [0.15, 0.2) is 0 Å². The van der Waals surface area contributed by atoms with Crippen LogP contribution in [0, 0.1) is 17.2 Å². The lowest BCUT2D eigenvalue weighted by molar-refractivity contribution is -0.133. The van der Waals surface area contributed by atoms with Gasteiger partial charge in [0.1, 0.15) is 24.0 Å². The summed E-state index contributed by atoms with van der Waals surface area (Å²) in [6, 6.07) is 18.2. The average Bonchev–Trinajstić information content (AvgIpc) is 3.09. The average molecular weight is 798 g/mol. The maximum Gasteiger partial charge on any atom is 0.411 e. The standard InChI is InChI=1S/C41H56FN5O8S/c1-28(2)24-47(56(53,54)33-19-17-30(18-20-33)23-43-52)26-35(48)34(22-29-13-10-9-11-14-29)44-38(50)37(40(3,4)5)45-36(49)27-46(39(51)55-41(6,7)8)25-31-15-12-16-32(42)21-31/h9-21,23,28,34-35,37,48,52H,22,24-27H2,1-8H3,(H,44,50)(H,45,49)/t34-,35-,37+/m0/s1. The number of nitrogens with one attached hydrogen (secondary N) is 2. The molecule has 3 amide bonds. The van der Waals surface area contributed by atoms with Gasteiger partial charge in [-0.15, -0.1) is 0 Å². The van der Waals surface area contributed by atoms with Crippen molar-refractivity contribution in [3.63, 3.8) is 0 Å². The van der Waals surface area contributed by atoms with E-state index in [4.69, 9.17) is 9.94 Å². The highest BCUT2D eigenvalue weighted by molar-refractivity contribution is 7.89. The molecule has 0 heterocycles. The highest BCUT2D eigenvalue weighted by Crippen LogP contribution is 2.23. The van der Waals surface area contributed by atoms with E-state index in [1.165, 1.54) is 53.0 Å². The molecule has 3 aromatic carbocycles. The largest absolute Gasteiger partial charge is 0.444 e. The van der Waals surface area contributed by atoms with Gasteiger partial charge < -0.3 is 25.7 Å². The number of nitrogens with zero attached hydrogens (tertiary/aromatic N) is 3. The first kappa shape index (κ1) is 45.5. The highest BCUT2D eigenvalue weighted by Gasteiger charge is 2.37. The molecule has 0 aromatic heterocycles. The zero-order chi connectivity index (χ0) is 41.8. The van der Waals surface area contributed by atoms with E-state index in [2.05, 4.69) is 15.8 Å². The van der Waals surface area contributed by atoms with Crippen LogP contribution in [0.5, 0.6) is 0 Å². The van der Waals surface area contributed by atoms with Gasteiger partial charge in [0.2, 0.25) is 21.8 Å². The molecule has 0 aliphatic carbocycles. The van der Waals surface area contributed by atoms with Crippen LogP contribution >= 0.6 is 0 Å². The van der Waals surface area contributed by atoms with E-state index in [1.54, 1.807) is 59.7 Å². The number of hydrogen-bond acceptors (Lipinski definition) is 9. The SMILES string of the molecule is CC(C)CN(C[C@H](O)[C@H](Cc1ccccc1)NC(=O)[C@@H](NC(=O)CN(Cc1cccc(F)c1)C(=O)OC(C)(C)C)C(C)(C)C)S(=O)(=O)c1ccc(C=NO)cc1. The van der Waals surface area contributed by atoms with Crippen molar-refractivity contribution in [1.82, 2.24) is 19.8 Å². The monoisotopic (exact) mass is 797 g/mol. The first-order valence-electron chi connectivity index (χ1n) is 18.4. The second-order valence-electron chi connectivity index (χ2n) is 16.2. The van der Waals surface area contributed by atoms with Crippen LogP contribution in [-0.4, -0.2) is 95.5 Å². The number of carbonyl (C=O) groups is 3. The molecule has 56 heavy (non-hydrogen) atoms. The van der Waals surface area contributed by atoms with E-state index < -0.39 is 69.5 Å². The van der Waals surface area contributed by atoms with Crippen molar-refractivity contribution < 1.29 is 42.2 Å². The Hall–Kier alpha value is -4.86. The third-order valence-electron chi connectivity index (χ3n) is 8.46. The molecule has 15 heteroatoms. The van der Waals surface area contributed by atoms with E-state index in [1.807, 2.05) is 32.0 Å². The lowest BCUT2D eigenvalue weighted by atomic mass is 9.85. The Labute approximate surface area is 330 Å². The minimum absolute atomic E-state index is 0.0302. The van der Waals surface area contributed by atoms with Crippen molar-refractivity contribution in [3.05, 3.63) is 101 Å². The molecule has 3 atom stereocenters. The van der Waals surface area contributed by atoms with E-state index in [0.29, 0.717) is 11.1 Å². The number of rotatable bonds is 17. The van der Waals surface area contributed by atoms with Crippen LogP contribution in [0.1, 0.15) is 72.1 Å². The van der Waals surface area contributed by atoms with Crippen LogP contribution in [0.2, 0.25) is 0 Å². The summed E-state index contributed by atoms with van der Waals surface area (Å²) in [6.07, 6.45) is -0.918. The molecule has 0 fully saturated rings. The Kier molecular flexibility index (Phi) is 16.1. The molecular weight excluding hydrogens is 742 g/mol. The summed E-state index contributed by atoms with van der Waals surface area (Å²) in [5.41, 5.74) is -0.0925. The summed E-state index contributed by atoms with van der Waals surface area (Å²) in [4.78, 5) is 42.1. The van der Waals surface area contributed by atoms with Gasteiger partial charge in [0.05, 0.1) is 23.3 Å². The molecule has 306 valence electrons. The van der Waals surface area contributed by atoms with E-state index in [9.17, 15) is 32.3 Å². The fourth-order valence-electron chi connectivity index (χ4n) is 5.80. The number of benzene rings is 3. The summed E-state index contributed by atoms with van der Waals surface area (Å²) in [5.74, 6) is -1.96. The minimum atomic E-state index is -4.14. The Morgan fingerprint density at radius 2 is 1.52 bits per heavy atom. The highest BCUT2D eigenvalue weighted by atomic mass is 32.2. The van der Waals surface area contributed by atoms with Gasteiger partial charge in [0.25, 0.3) is 0 Å². The molecule has 0 saturated heterocycles. The van der Waals surface area contributed by atoms with E-state index >= 15 is 0 Å². The maximum absolute atomic E-state index is 14.2. The zero-order valence-corrected chi connectivity index (χ0v) is 34.2. The predicted octanol–water partition coefficient (Wildman–Crippen LogP) is 5.34. The number of amides is 3. The van der Waals surface area contributed by atoms with Crippen LogP contribution in [0.25, 0.3) is 0 Å². The molecule has 0 spiro atoms. The van der Waals surface area contributed by atoms with Gasteiger partial charge in [-0.3, -0.25) is 14.5 Å². The number of hydrogen-bond donors (Lipinski definition) is 4. The van der Waals surface area contributed by atoms with Gasteiger partial charge in [-0.25, -0.2) is 17.6 Å². The number of oxime groups is 1. The minimum Gasteiger partial charge on any atom is -0.444 e. The summed E-state index contributed by atoms with van der Waals surface area (Å²) in [6.45, 7) is 13.0. The fraction of sp³-hybridized carbons (Fsp3) is 0.463. The van der Waals surface area contributed by atoms with E-state index in [-0.39, 0.29) is 36.9 Å². The van der Waals surface area contributed by atoms with Crippen LogP contribution in [0.15, 0.2) is 88.9 Å². The Bertz CT molecular complexity index is 1900. The number of aliphatic hydroxyl groups is 1. The molecule has 3 aromatic rings. The van der Waals surface area contributed by atoms with Crippen molar-refractivity contribution in [1.29, 1.82) is 0 Å². The van der Waals surface area contributed by atoms with Crippen molar-refractivity contribution in [2.24, 2.45) is 16.5 Å². The number of carbonyl (C=O) groups excluding carboxylic acids is 3. The predicted molar refractivity (Wildman–Crippen MR) is 212 cm³/mol. The Balaban J connectivity index is 1.90. The Morgan fingerprint density at radius 3 is 2.07 bits per heavy atom. The molecule has 4 N–H and O–H groups in total. The normalized spacial score (nSPS) is 14.0. The molecule has 3 rings (SSSR count). The molecular formula is C41H56FN5O8S. The second-order valence-corrected chi connectivity index (χ2v) is 18.2. The maximum atomic E-state index is 14.2. The first-order valence-corrected chi connectivity index (χ1v) is 19.8. The molecule has 13 nitrogen and oxygen atoms in total. The number of sulfonamides is 1. The van der Waals surface area contributed by atoms with Crippen molar-refractivity contribution in [2.75, 3.05) is 19.6 Å². The topological polar surface area (TPSA) is 178 Å². The third kappa shape index (κ3) is 14.3. The van der Waals surface area contributed by atoms with Gasteiger partial charge in [-0.1, -0.05) is 94.4 Å². The Morgan fingerprint density at radius 1 is 0.893 bits per heavy atom. The van der Waals surface area contributed by atoms with Crippen LogP contribution in [-0.2, 0) is 37.3 Å². The van der Waals surface area contributed by atoms with Gasteiger partial charge in [-0.2, -0.15) is 4.31 Å². The van der Waals surface area contributed by atoms with Crippen molar-refractivity contribution in [3.8, 4) is 0 Å². The lowest BCUT2D eigenvalue weighted by Crippen LogP contribution is -2.59. The summed E-state index contributed by atoms with van der Waals surface area (Å²) in [5, 5.41) is 29.3. The summed E-state index contributed by atoms with van der Waals surface area (Å²) in [7, 11) is -4.14. The molecule has 0 aliphatic rings. The summed E-state index contributed by atoms with van der Waals surface area (Å²) >= 11 is 0. The molecule has 0 unspecified atom stereocenters. The van der Waals surface area contributed by atoms with Gasteiger partial charge in [-0.05, 0) is 79.5 Å². The quantitative estimate of drug-likeness (QED) is 0.0804. The first-order chi connectivity index (χ1) is 26.1. The van der Waals surface area contributed by atoms with Gasteiger partial charge in [0, 0.05) is 19.6 Å². The second kappa shape index (κ2) is 19.8. The van der Waals surface area contributed by atoms with E-state index in [0.717, 1.165) is 10.5 Å². The summed E-state index contributed by atoms with van der Waals surface area (Å²) < 4.78 is 48.6. The number of halogens is 1. The van der Waals surface area contributed by atoms with Crippen molar-refractivity contribution in [2.45, 2.75) is 97.0 Å². The van der Waals surface area contributed by atoms with Crippen LogP contribution in [0.4, 0.5) is 9.18 Å². The molecule has 0 saturated carbocycles. The smallest absolute Gasteiger partial charge is 0.411 e. The van der Waals surface area contributed by atoms with Crippen LogP contribution in [0.3, 0.4) is 0 Å². The number of aliphatic hydroxyl groups excluding tert-OH is 1. The van der Waals surface area contributed by atoms with Crippen molar-refractivity contribution >= 4 is 34.1 Å². The van der Waals surface area contributed by atoms with Crippen LogP contribution < -0.4 is 10.6 Å². The van der Waals surface area contributed by atoms with Gasteiger partial charge >= 0.3 is 6.09 Å². The number of ether oxygens (including phenoxy) is 1. The molecule has 0 radical (unpaired) electrons.